The maximum atomic E-state index is 11.0. The molecule has 2 fully saturated rings. The minimum absolute atomic E-state index is 0.455. The maximum Gasteiger partial charge on any atom is 0.192 e. The number of fused-ring (bicyclic) bond motifs is 3. The first-order valence-corrected chi connectivity index (χ1v) is 6.98. The van der Waals surface area contributed by atoms with Crippen LogP contribution in [0.15, 0.2) is 22.6 Å². The fourth-order valence-corrected chi connectivity index (χ4v) is 3.69. The van der Waals surface area contributed by atoms with Crippen LogP contribution >= 0.6 is 0 Å². The van der Waals surface area contributed by atoms with Crippen molar-refractivity contribution in [3.05, 3.63) is 29.7 Å². The number of aliphatic hydroxyl groups is 1. The second kappa shape index (κ2) is 3.81. The van der Waals surface area contributed by atoms with Gasteiger partial charge in [-0.3, -0.25) is 0 Å². The summed E-state index contributed by atoms with van der Waals surface area (Å²) in [5.74, 6) is 0.671. The van der Waals surface area contributed by atoms with Crippen LogP contribution in [0.25, 0.3) is 11.1 Å². The predicted molar refractivity (Wildman–Crippen MR) is 71.8 cm³/mol. The second-order valence-electron chi connectivity index (χ2n) is 5.99. The van der Waals surface area contributed by atoms with Gasteiger partial charge in [0.15, 0.2) is 11.5 Å². The second-order valence-corrected chi connectivity index (χ2v) is 5.99. The van der Waals surface area contributed by atoms with E-state index >= 15 is 0 Å². The van der Waals surface area contributed by atoms with Gasteiger partial charge in [0.1, 0.15) is 5.52 Å². The van der Waals surface area contributed by atoms with Gasteiger partial charge in [-0.25, -0.2) is 4.98 Å². The molecule has 0 saturated carbocycles. The van der Waals surface area contributed by atoms with E-state index < -0.39 is 5.60 Å². The van der Waals surface area contributed by atoms with Crippen molar-refractivity contribution in [2.24, 2.45) is 0 Å². The van der Waals surface area contributed by atoms with E-state index in [0.717, 1.165) is 29.5 Å². The molecule has 2 aliphatic heterocycles. The Bertz CT molecular complexity index is 622. The molecule has 1 aromatic carbocycles. The van der Waals surface area contributed by atoms with E-state index in [9.17, 15) is 5.11 Å². The van der Waals surface area contributed by atoms with E-state index in [1.54, 1.807) is 0 Å². The first-order chi connectivity index (χ1) is 9.12. The van der Waals surface area contributed by atoms with Gasteiger partial charge in [-0.15, -0.1) is 0 Å². The van der Waals surface area contributed by atoms with E-state index in [1.165, 1.54) is 12.8 Å². The average molecular weight is 258 g/mol. The Kier molecular flexibility index (Phi) is 2.29. The molecule has 0 radical (unpaired) electrons. The molecule has 2 atom stereocenters. The lowest BCUT2D eigenvalue weighted by molar-refractivity contribution is -0.0114. The Balaban J connectivity index is 1.76. The third-order valence-electron chi connectivity index (χ3n) is 4.54. The zero-order valence-electron chi connectivity index (χ0n) is 11.0. The molecular formula is C15H18N2O2. The van der Waals surface area contributed by atoms with Crippen molar-refractivity contribution in [2.45, 2.75) is 50.3 Å². The molecule has 1 aromatic heterocycles. The highest BCUT2D eigenvalue weighted by molar-refractivity contribution is 5.73. The molecule has 0 spiro atoms. The van der Waals surface area contributed by atoms with Gasteiger partial charge >= 0.3 is 0 Å². The van der Waals surface area contributed by atoms with Crippen LogP contribution in [0.1, 0.15) is 37.1 Å². The fourth-order valence-electron chi connectivity index (χ4n) is 3.69. The van der Waals surface area contributed by atoms with Gasteiger partial charge in [0.05, 0.1) is 5.60 Å². The van der Waals surface area contributed by atoms with Crippen LogP contribution in [-0.4, -0.2) is 22.2 Å². The number of aromatic nitrogens is 1. The summed E-state index contributed by atoms with van der Waals surface area (Å²) >= 11 is 0. The van der Waals surface area contributed by atoms with E-state index in [-0.39, 0.29) is 0 Å². The molecule has 2 aliphatic rings. The molecule has 2 bridgehead atoms. The first-order valence-electron chi connectivity index (χ1n) is 6.98. The number of nitrogens with zero attached hydrogens (tertiary/aromatic N) is 1. The molecule has 2 saturated heterocycles. The molecule has 100 valence electrons. The monoisotopic (exact) mass is 258 g/mol. The molecule has 2 unspecified atom stereocenters. The van der Waals surface area contributed by atoms with Crippen molar-refractivity contribution in [1.82, 2.24) is 10.3 Å². The van der Waals surface area contributed by atoms with Gasteiger partial charge in [-0.05, 0) is 43.4 Å². The standard InChI is InChI=1S/C15H18N2O2/c1-9-16-13-5-2-10(6-14(13)19-9)15(18)7-11-3-4-12(8-15)17-11/h2,5-6,11-12,17-18H,3-4,7-8H2,1H3. The minimum Gasteiger partial charge on any atom is -0.441 e. The summed E-state index contributed by atoms with van der Waals surface area (Å²) in [6, 6.07) is 6.81. The van der Waals surface area contributed by atoms with Crippen molar-refractivity contribution in [1.29, 1.82) is 0 Å². The number of piperidine rings is 1. The number of benzene rings is 1. The molecule has 4 heteroatoms. The number of aryl methyl sites for hydroxylation is 1. The smallest absolute Gasteiger partial charge is 0.192 e. The molecule has 4 nitrogen and oxygen atoms in total. The first kappa shape index (κ1) is 11.4. The highest BCUT2D eigenvalue weighted by atomic mass is 16.3. The fraction of sp³-hybridized carbons (Fsp3) is 0.533. The summed E-state index contributed by atoms with van der Waals surface area (Å²) in [4.78, 5) is 4.30. The van der Waals surface area contributed by atoms with Crippen molar-refractivity contribution >= 4 is 11.1 Å². The summed E-state index contributed by atoms with van der Waals surface area (Å²) in [7, 11) is 0. The number of oxazole rings is 1. The molecule has 19 heavy (non-hydrogen) atoms. The number of rotatable bonds is 1. The van der Waals surface area contributed by atoms with Crippen molar-refractivity contribution in [2.75, 3.05) is 0 Å². The Morgan fingerprint density at radius 3 is 2.79 bits per heavy atom. The van der Waals surface area contributed by atoms with Gasteiger partial charge in [0, 0.05) is 19.0 Å². The lowest BCUT2D eigenvalue weighted by Crippen LogP contribution is -2.46. The van der Waals surface area contributed by atoms with Gasteiger partial charge in [-0.2, -0.15) is 0 Å². The number of hydrogen-bond donors (Lipinski definition) is 2. The summed E-state index contributed by atoms with van der Waals surface area (Å²) < 4.78 is 5.58. The van der Waals surface area contributed by atoms with Gasteiger partial charge < -0.3 is 14.8 Å². The minimum atomic E-state index is -0.716. The highest BCUT2D eigenvalue weighted by Crippen LogP contribution is 2.41. The SMILES string of the molecule is Cc1nc2ccc(C3(O)CC4CCC(C3)N4)cc2o1. The molecule has 2 N–H and O–H groups in total. The third-order valence-corrected chi connectivity index (χ3v) is 4.54. The van der Waals surface area contributed by atoms with Crippen LogP contribution in [0.4, 0.5) is 0 Å². The Hall–Kier alpha value is -1.39. The molecular weight excluding hydrogens is 240 g/mol. The van der Waals surface area contributed by atoms with E-state index in [4.69, 9.17) is 4.42 Å². The van der Waals surface area contributed by atoms with Crippen molar-refractivity contribution in [3.63, 3.8) is 0 Å². The van der Waals surface area contributed by atoms with E-state index in [0.29, 0.717) is 18.0 Å². The Labute approximate surface area is 111 Å². The van der Waals surface area contributed by atoms with E-state index in [1.807, 2.05) is 25.1 Å². The topological polar surface area (TPSA) is 58.3 Å². The summed E-state index contributed by atoms with van der Waals surface area (Å²) in [6.07, 6.45) is 3.94. The molecule has 4 rings (SSSR count). The van der Waals surface area contributed by atoms with Crippen molar-refractivity contribution in [3.8, 4) is 0 Å². The average Bonchev–Trinajstić information content (AvgIpc) is 2.90. The van der Waals surface area contributed by atoms with Crippen LogP contribution in [-0.2, 0) is 5.60 Å². The zero-order chi connectivity index (χ0) is 13.0. The van der Waals surface area contributed by atoms with Crippen LogP contribution < -0.4 is 5.32 Å². The maximum absolute atomic E-state index is 11.0. The molecule has 0 amide bonds. The molecule has 0 aliphatic carbocycles. The van der Waals surface area contributed by atoms with Gasteiger partial charge in [0.25, 0.3) is 0 Å². The largest absolute Gasteiger partial charge is 0.441 e. The lowest BCUT2D eigenvalue weighted by Gasteiger charge is -2.37. The highest BCUT2D eigenvalue weighted by Gasteiger charge is 2.43. The number of hydrogen-bond acceptors (Lipinski definition) is 4. The third kappa shape index (κ3) is 1.78. The van der Waals surface area contributed by atoms with Crippen LogP contribution in [0.5, 0.6) is 0 Å². The quantitative estimate of drug-likeness (QED) is 0.823. The van der Waals surface area contributed by atoms with Crippen LogP contribution in [0.3, 0.4) is 0 Å². The number of nitrogens with one attached hydrogen (secondary N) is 1. The lowest BCUT2D eigenvalue weighted by atomic mass is 9.81. The summed E-state index contributed by atoms with van der Waals surface area (Å²) in [6.45, 7) is 1.85. The normalized spacial score (nSPS) is 34.0. The molecule has 3 heterocycles. The van der Waals surface area contributed by atoms with Crippen LogP contribution in [0, 0.1) is 6.92 Å². The zero-order valence-corrected chi connectivity index (χ0v) is 11.0. The predicted octanol–water partition coefficient (Wildman–Crippen LogP) is 2.24. The summed E-state index contributed by atoms with van der Waals surface area (Å²) in [5, 5.41) is 14.5. The van der Waals surface area contributed by atoms with Crippen molar-refractivity contribution < 1.29 is 9.52 Å². The summed E-state index contributed by atoms with van der Waals surface area (Å²) in [5.41, 5.74) is 1.89. The molecule has 2 aromatic rings. The Morgan fingerprint density at radius 2 is 2.05 bits per heavy atom. The van der Waals surface area contributed by atoms with Gasteiger partial charge in [-0.1, -0.05) is 6.07 Å². The van der Waals surface area contributed by atoms with Gasteiger partial charge in [0.2, 0.25) is 0 Å². The Morgan fingerprint density at radius 1 is 1.32 bits per heavy atom. The van der Waals surface area contributed by atoms with E-state index in [2.05, 4.69) is 10.3 Å². The van der Waals surface area contributed by atoms with Crippen LogP contribution in [0.2, 0.25) is 0 Å².